The third-order valence-corrected chi connectivity index (χ3v) is 2.36. The number of hydrogen-bond donors (Lipinski definition) is 2. The molecule has 86 valence electrons. The second kappa shape index (κ2) is 5.11. The standard InChI is InChI=1S/C9H12N4O3/c10-3-4-12-8(15)9(16)13-5-1-2-6(13)7(11)14/h6H,1-2,4-5H2,(H2,11,14)(H,12,15). The molecule has 0 saturated carbocycles. The normalized spacial score (nSPS) is 18.9. The van der Waals surface area contributed by atoms with Crippen LogP contribution < -0.4 is 11.1 Å². The van der Waals surface area contributed by atoms with Gasteiger partial charge < -0.3 is 16.0 Å². The maximum atomic E-state index is 11.6. The molecule has 3 N–H and O–H groups in total. The lowest BCUT2D eigenvalue weighted by Gasteiger charge is -2.20. The van der Waals surface area contributed by atoms with Gasteiger partial charge in [0.05, 0.1) is 6.07 Å². The molecule has 1 unspecified atom stereocenters. The second-order valence-electron chi connectivity index (χ2n) is 3.40. The summed E-state index contributed by atoms with van der Waals surface area (Å²) in [4.78, 5) is 35.0. The van der Waals surface area contributed by atoms with Gasteiger partial charge in [-0.2, -0.15) is 5.26 Å². The van der Waals surface area contributed by atoms with Gasteiger partial charge in [0.15, 0.2) is 0 Å². The highest BCUT2D eigenvalue weighted by Gasteiger charge is 2.35. The van der Waals surface area contributed by atoms with E-state index in [-0.39, 0.29) is 6.54 Å². The molecule has 0 aromatic rings. The number of primary amides is 1. The highest BCUT2D eigenvalue weighted by Crippen LogP contribution is 2.16. The van der Waals surface area contributed by atoms with E-state index in [4.69, 9.17) is 11.0 Å². The smallest absolute Gasteiger partial charge is 0.312 e. The van der Waals surface area contributed by atoms with Gasteiger partial charge in [0.1, 0.15) is 12.6 Å². The first-order valence-corrected chi connectivity index (χ1v) is 4.83. The number of carbonyl (C=O) groups excluding carboxylic acids is 3. The largest absolute Gasteiger partial charge is 0.368 e. The Morgan fingerprint density at radius 2 is 2.19 bits per heavy atom. The third-order valence-electron chi connectivity index (χ3n) is 2.36. The summed E-state index contributed by atoms with van der Waals surface area (Å²) in [5, 5.41) is 10.4. The lowest BCUT2D eigenvalue weighted by atomic mass is 10.2. The van der Waals surface area contributed by atoms with Crippen LogP contribution in [0.4, 0.5) is 0 Å². The summed E-state index contributed by atoms with van der Waals surface area (Å²) in [6, 6.07) is 0.976. The van der Waals surface area contributed by atoms with Crippen molar-refractivity contribution in [3.8, 4) is 6.07 Å². The molecule has 1 atom stereocenters. The molecule has 0 aromatic carbocycles. The molecular formula is C9H12N4O3. The molecule has 0 spiro atoms. The summed E-state index contributed by atoms with van der Waals surface area (Å²) in [6.45, 7) is 0.103. The van der Waals surface area contributed by atoms with Crippen LogP contribution in [0.1, 0.15) is 12.8 Å². The van der Waals surface area contributed by atoms with E-state index in [0.29, 0.717) is 19.4 Å². The monoisotopic (exact) mass is 224 g/mol. The van der Waals surface area contributed by atoms with E-state index in [1.165, 1.54) is 0 Å². The number of likely N-dealkylation sites (tertiary alicyclic amines) is 1. The van der Waals surface area contributed by atoms with E-state index in [2.05, 4.69) is 5.32 Å². The first-order chi connectivity index (χ1) is 7.57. The Balaban J connectivity index is 2.63. The van der Waals surface area contributed by atoms with Crippen LogP contribution in [0.5, 0.6) is 0 Å². The third kappa shape index (κ3) is 2.48. The minimum absolute atomic E-state index is 0.236. The zero-order valence-electron chi connectivity index (χ0n) is 8.60. The van der Waals surface area contributed by atoms with Gasteiger partial charge in [-0.15, -0.1) is 0 Å². The van der Waals surface area contributed by atoms with Crippen molar-refractivity contribution in [2.45, 2.75) is 18.9 Å². The fraction of sp³-hybridized carbons (Fsp3) is 0.556. The van der Waals surface area contributed by atoms with Crippen LogP contribution in [-0.4, -0.2) is 41.8 Å². The topological polar surface area (TPSA) is 116 Å². The van der Waals surface area contributed by atoms with Crippen LogP contribution >= 0.6 is 0 Å². The lowest BCUT2D eigenvalue weighted by Crippen LogP contribution is -2.49. The molecular weight excluding hydrogens is 212 g/mol. The van der Waals surface area contributed by atoms with Crippen LogP contribution in [0.3, 0.4) is 0 Å². The van der Waals surface area contributed by atoms with Gasteiger partial charge in [-0.25, -0.2) is 0 Å². The Hall–Kier alpha value is -2.10. The van der Waals surface area contributed by atoms with Gasteiger partial charge >= 0.3 is 11.8 Å². The molecule has 0 radical (unpaired) electrons. The van der Waals surface area contributed by atoms with E-state index in [1.54, 1.807) is 6.07 Å². The number of carbonyl (C=O) groups is 3. The Labute approximate surface area is 92.2 Å². The van der Waals surface area contributed by atoms with E-state index >= 15 is 0 Å². The predicted molar refractivity (Wildman–Crippen MR) is 52.6 cm³/mol. The number of nitrogens with two attached hydrogens (primary N) is 1. The number of rotatable bonds is 2. The summed E-state index contributed by atoms with van der Waals surface area (Å²) >= 11 is 0. The molecule has 1 fully saturated rings. The van der Waals surface area contributed by atoms with Crippen LogP contribution in [0.25, 0.3) is 0 Å². The van der Waals surface area contributed by atoms with Crippen molar-refractivity contribution in [3.05, 3.63) is 0 Å². The molecule has 1 rings (SSSR count). The Morgan fingerprint density at radius 1 is 1.50 bits per heavy atom. The van der Waals surface area contributed by atoms with Crippen LogP contribution in [0, 0.1) is 11.3 Å². The number of nitriles is 1. The second-order valence-corrected chi connectivity index (χ2v) is 3.40. The van der Waals surface area contributed by atoms with Crippen molar-refractivity contribution in [2.75, 3.05) is 13.1 Å². The van der Waals surface area contributed by atoms with E-state index in [0.717, 1.165) is 4.90 Å². The molecule has 7 nitrogen and oxygen atoms in total. The minimum Gasteiger partial charge on any atom is -0.368 e. The van der Waals surface area contributed by atoms with Crippen LogP contribution in [0.15, 0.2) is 0 Å². The van der Waals surface area contributed by atoms with Crippen LogP contribution in [-0.2, 0) is 14.4 Å². The number of amides is 3. The number of hydrogen-bond acceptors (Lipinski definition) is 4. The zero-order valence-corrected chi connectivity index (χ0v) is 8.60. The first-order valence-electron chi connectivity index (χ1n) is 4.83. The molecule has 16 heavy (non-hydrogen) atoms. The van der Waals surface area contributed by atoms with Crippen molar-refractivity contribution >= 4 is 17.7 Å². The minimum atomic E-state index is -0.880. The van der Waals surface area contributed by atoms with Gasteiger partial charge in [0.2, 0.25) is 5.91 Å². The molecule has 1 aliphatic rings. The molecule has 0 bridgehead atoms. The van der Waals surface area contributed by atoms with Crippen molar-refractivity contribution in [2.24, 2.45) is 5.73 Å². The molecule has 0 aliphatic carbocycles. The maximum absolute atomic E-state index is 11.6. The molecule has 3 amide bonds. The Morgan fingerprint density at radius 3 is 2.75 bits per heavy atom. The van der Waals surface area contributed by atoms with Gasteiger partial charge in [-0.1, -0.05) is 0 Å². The van der Waals surface area contributed by atoms with E-state index in [1.807, 2.05) is 0 Å². The van der Waals surface area contributed by atoms with Crippen molar-refractivity contribution < 1.29 is 14.4 Å². The average Bonchev–Trinajstić information content (AvgIpc) is 2.73. The Bertz CT molecular complexity index is 360. The molecule has 7 heteroatoms. The van der Waals surface area contributed by atoms with Crippen molar-refractivity contribution in [1.82, 2.24) is 10.2 Å². The Kier molecular flexibility index (Phi) is 3.83. The highest BCUT2D eigenvalue weighted by atomic mass is 16.2. The first kappa shape index (κ1) is 12.0. The fourth-order valence-electron chi connectivity index (χ4n) is 1.63. The number of nitrogens with zero attached hydrogens (tertiary/aromatic N) is 2. The molecule has 0 aromatic heterocycles. The molecule has 1 heterocycles. The quantitative estimate of drug-likeness (QED) is 0.421. The maximum Gasteiger partial charge on any atom is 0.312 e. The SMILES string of the molecule is N#CCNC(=O)C(=O)N1CCCC1C(N)=O. The van der Waals surface area contributed by atoms with Crippen molar-refractivity contribution in [1.29, 1.82) is 5.26 Å². The summed E-state index contributed by atoms with van der Waals surface area (Å²) in [5.74, 6) is -2.30. The van der Waals surface area contributed by atoms with Gasteiger partial charge in [0.25, 0.3) is 0 Å². The summed E-state index contributed by atoms with van der Waals surface area (Å²) in [5.41, 5.74) is 5.11. The average molecular weight is 224 g/mol. The fourth-order valence-corrected chi connectivity index (χ4v) is 1.63. The van der Waals surface area contributed by atoms with E-state index in [9.17, 15) is 14.4 Å². The number of nitrogens with one attached hydrogen (secondary N) is 1. The van der Waals surface area contributed by atoms with Gasteiger partial charge in [-0.05, 0) is 12.8 Å². The highest BCUT2D eigenvalue weighted by molar-refractivity contribution is 6.35. The van der Waals surface area contributed by atoms with Crippen molar-refractivity contribution in [3.63, 3.8) is 0 Å². The summed E-state index contributed by atoms with van der Waals surface area (Å²) in [6.07, 6.45) is 1.12. The summed E-state index contributed by atoms with van der Waals surface area (Å²) in [7, 11) is 0. The van der Waals surface area contributed by atoms with Gasteiger partial charge in [-0.3, -0.25) is 14.4 Å². The summed E-state index contributed by atoms with van der Waals surface area (Å²) < 4.78 is 0. The predicted octanol–water partition coefficient (Wildman–Crippen LogP) is -1.90. The molecule has 1 aliphatic heterocycles. The zero-order chi connectivity index (χ0) is 12.1. The molecule has 1 saturated heterocycles. The van der Waals surface area contributed by atoms with Gasteiger partial charge in [0, 0.05) is 6.54 Å². The van der Waals surface area contributed by atoms with Crippen LogP contribution in [0.2, 0.25) is 0 Å². The van der Waals surface area contributed by atoms with E-state index < -0.39 is 23.8 Å². The lowest BCUT2D eigenvalue weighted by molar-refractivity contribution is -0.147.